The van der Waals surface area contributed by atoms with Crippen LogP contribution in [0.5, 0.6) is 34.5 Å². The summed E-state index contributed by atoms with van der Waals surface area (Å²) in [5.74, 6) is 2.96. The summed E-state index contributed by atoms with van der Waals surface area (Å²) in [7, 11) is 3.28. The highest BCUT2D eigenvalue weighted by molar-refractivity contribution is 5.87. The van der Waals surface area contributed by atoms with Crippen molar-refractivity contribution < 1.29 is 29.2 Å². The lowest BCUT2D eigenvalue weighted by atomic mass is 9.78. The van der Waals surface area contributed by atoms with Crippen LogP contribution in [0, 0.1) is 13.8 Å². The fourth-order valence-electron chi connectivity index (χ4n) is 8.07. The van der Waals surface area contributed by atoms with Crippen molar-refractivity contribution in [2.75, 3.05) is 27.4 Å². The minimum atomic E-state index is -0.0769. The van der Waals surface area contributed by atoms with E-state index in [1.165, 1.54) is 22.3 Å². The Bertz CT molecular complexity index is 2430. The third kappa shape index (κ3) is 11.2. The molecule has 0 spiro atoms. The van der Waals surface area contributed by atoms with Gasteiger partial charge in [-0.25, -0.2) is 0 Å². The molecule has 0 aliphatic heterocycles. The zero-order valence-electron chi connectivity index (χ0n) is 41.9. The van der Waals surface area contributed by atoms with Crippen molar-refractivity contribution in [3.8, 4) is 79.0 Å². The van der Waals surface area contributed by atoms with Gasteiger partial charge in [0.15, 0.2) is 0 Å². The molecule has 0 saturated carbocycles. The first-order valence-corrected chi connectivity index (χ1v) is 22.9. The average molecular weight is 877 g/mol. The van der Waals surface area contributed by atoms with E-state index >= 15 is 0 Å². The van der Waals surface area contributed by atoms with Gasteiger partial charge in [0.2, 0.25) is 0 Å². The van der Waals surface area contributed by atoms with E-state index in [0.717, 1.165) is 44.5 Å². The van der Waals surface area contributed by atoms with Crippen LogP contribution in [-0.4, -0.2) is 37.6 Å². The Balaban J connectivity index is 1.29. The first kappa shape index (κ1) is 48.6. The predicted octanol–water partition coefficient (Wildman–Crippen LogP) is 15.4. The lowest BCUT2D eigenvalue weighted by Gasteiger charge is -2.26. The summed E-state index contributed by atoms with van der Waals surface area (Å²) >= 11 is 0. The molecule has 0 saturated heterocycles. The van der Waals surface area contributed by atoms with Gasteiger partial charge in [-0.15, -0.1) is 0 Å². The smallest absolute Gasteiger partial charge is 0.131 e. The second-order valence-electron chi connectivity index (χ2n) is 21.8. The minimum Gasteiger partial charge on any atom is -0.507 e. The Morgan fingerprint density at radius 1 is 0.385 bits per heavy atom. The highest BCUT2D eigenvalue weighted by Crippen LogP contribution is 2.47. The molecule has 0 fully saturated rings. The van der Waals surface area contributed by atoms with Gasteiger partial charge in [-0.3, -0.25) is 0 Å². The largest absolute Gasteiger partial charge is 0.507 e. The van der Waals surface area contributed by atoms with Gasteiger partial charge in [0, 0.05) is 39.8 Å². The number of rotatable bonds is 12. The van der Waals surface area contributed by atoms with Gasteiger partial charge in [-0.2, -0.15) is 0 Å². The van der Waals surface area contributed by atoms with E-state index in [-0.39, 0.29) is 33.2 Å². The van der Waals surface area contributed by atoms with Crippen molar-refractivity contribution in [3.05, 3.63) is 130 Å². The number of aromatic hydroxyl groups is 2. The van der Waals surface area contributed by atoms with E-state index < -0.39 is 0 Å². The minimum absolute atomic E-state index is 0.0769. The van der Waals surface area contributed by atoms with Crippen LogP contribution in [0.15, 0.2) is 97.1 Å². The number of benzene rings is 6. The summed E-state index contributed by atoms with van der Waals surface area (Å²) in [6, 6.07) is 32.9. The molecule has 0 aliphatic carbocycles. The third-order valence-electron chi connectivity index (χ3n) is 12.2. The Morgan fingerprint density at radius 3 is 0.985 bits per heavy atom. The van der Waals surface area contributed by atoms with Gasteiger partial charge in [-0.05, 0) is 141 Å². The molecule has 0 radical (unpaired) electrons. The molecule has 0 amide bonds. The Labute approximate surface area is 389 Å². The van der Waals surface area contributed by atoms with Crippen LogP contribution >= 0.6 is 0 Å². The molecule has 6 aromatic rings. The fourth-order valence-corrected chi connectivity index (χ4v) is 8.07. The van der Waals surface area contributed by atoms with Crippen LogP contribution in [0.25, 0.3) is 44.5 Å². The van der Waals surface area contributed by atoms with Crippen molar-refractivity contribution in [2.24, 2.45) is 0 Å². The SMILES string of the molecule is COc1ccc(OCCCOc2ccc(OC)cc2-c2cc(C)cc(-c3cc(C(C)(C)C)cc(C(C)(C)C)c3)c2O)c(-c2cc(C)cc(-c3cc(C(C)(C)C)cc(C(C)(C)C)c3)c2O)c1. The fraction of sp³-hybridized carbons (Fsp3) is 0.390. The molecule has 0 heterocycles. The molecule has 0 aliphatic rings. The molecule has 65 heavy (non-hydrogen) atoms. The van der Waals surface area contributed by atoms with Crippen LogP contribution in [0.2, 0.25) is 0 Å². The Kier molecular flexibility index (Phi) is 13.9. The number of aryl methyl sites for hydroxylation is 2. The summed E-state index contributed by atoms with van der Waals surface area (Å²) < 4.78 is 24.4. The van der Waals surface area contributed by atoms with Crippen LogP contribution in [-0.2, 0) is 21.7 Å². The summed E-state index contributed by atoms with van der Waals surface area (Å²) in [4.78, 5) is 0. The third-order valence-corrected chi connectivity index (χ3v) is 12.2. The van der Waals surface area contributed by atoms with Gasteiger partial charge in [-0.1, -0.05) is 119 Å². The van der Waals surface area contributed by atoms with Crippen molar-refractivity contribution in [1.29, 1.82) is 0 Å². The molecule has 0 unspecified atom stereocenters. The zero-order chi connectivity index (χ0) is 47.8. The van der Waals surface area contributed by atoms with Crippen LogP contribution in [0.4, 0.5) is 0 Å². The monoisotopic (exact) mass is 877 g/mol. The first-order chi connectivity index (χ1) is 30.3. The molecule has 0 bridgehead atoms. The highest BCUT2D eigenvalue weighted by atomic mass is 16.5. The normalized spacial score (nSPS) is 12.3. The average Bonchev–Trinajstić information content (AvgIpc) is 3.23. The maximum atomic E-state index is 12.2. The second-order valence-corrected chi connectivity index (χ2v) is 21.8. The van der Waals surface area contributed by atoms with Gasteiger partial charge in [0.05, 0.1) is 27.4 Å². The van der Waals surface area contributed by atoms with Crippen molar-refractivity contribution in [2.45, 2.75) is 125 Å². The summed E-state index contributed by atoms with van der Waals surface area (Å²) in [5.41, 5.74) is 12.9. The topological polar surface area (TPSA) is 77.4 Å². The van der Waals surface area contributed by atoms with E-state index in [2.05, 4.69) is 145 Å². The number of hydrogen-bond acceptors (Lipinski definition) is 6. The molecule has 6 heteroatoms. The molecule has 344 valence electrons. The van der Waals surface area contributed by atoms with Crippen molar-refractivity contribution in [3.63, 3.8) is 0 Å². The molecule has 0 atom stereocenters. The van der Waals surface area contributed by atoms with Crippen LogP contribution in [0.3, 0.4) is 0 Å². The number of ether oxygens (including phenoxy) is 4. The molecule has 6 rings (SSSR count). The maximum Gasteiger partial charge on any atom is 0.131 e. The van der Waals surface area contributed by atoms with Gasteiger partial charge in [0.1, 0.15) is 34.5 Å². The van der Waals surface area contributed by atoms with E-state index in [0.29, 0.717) is 53.8 Å². The van der Waals surface area contributed by atoms with E-state index in [1.54, 1.807) is 14.2 Å². The lowest BCUT2D eigenvalue weighted by molar-refractivity contribution is 0.248. The van der Waals surface area contributed by atoms with Crippen molar-refractivity contribution in [1.82, 2.24) is 0 Å². The number of hydrogen-bond donors (Lipinski definition) is 2. The predicted molar refractivity (Wildman–Crippen MR) is 271 cm³/mol. The van der Waals surface area contributed by atoms with Crippen LogP contribution in [0.1, 0.15) is 123 Å². The summed E-state index contributed by atoms with van der Waals surface area (Å²) in [6.07, 6.45) is 0.567. The summed E-state index contributed by atoms with van der Waals surface area (Å²) in [6.45, 7) is 31.5. The van der Waals surface area contributed by atoms with Gasteiger partial charge < -0.3 is 29.2 Å². The Hall–Kier alpha value is -5.88. The van der Waals surface area contributed by atoms with E-state index in [1.807, 2.05) is 48.5 Å². The number of phenolic OH excluding ortho intramolecular Hbond substituents is 2. The van der Waals surface area contributed by atoms with E-state index in [4.69, 9.17) is 18.9 Å². The lowest BCUT2D eigenvalue weighted by Crippen LogP contribution is -2.16. The van der Waals surface area contributed by atoms with Gasteiger partial charge in [0.25, 0.3) is 0 Å². The number of methoxy groups -OCH3 is 2. The quantitative estimate of drug-likeness (QED) is 0.119. The molecule has 6 aromatic carbocycles. The second kappa shape index (κ2) is 18.5. The molecular weight excluding hydrogens is 805 g/mol. The number of phenols is 2. The van der Waals surface area contributed by atoms with Crippen molar-refractivity contribution >= 4 is 0 Å². The maximum absolute atomic E-state index is 12.2. The molecule has 6 nitrogen and oxygen atoms in total. The van der Waals surface area contributed by atoms with Crippen LogP contribution < -0.4 is 18.9 Å². The first-order valence-electron chi connectivity index (χ1n) is 22.9. The molecule has 2 N–H and O–H groups in total. The molecular formula is C59H72O6. The molecule has 0 aromatic heterocycles. The summed E-state index contributed by atoms with van der Waals surface area (Å²) in [5, 5.41) is 24.3. The highest BCUT2D eigenvalue weighted by Gasteiger charge is 2.26. The Morgan fingerprint density at radius 2 is 0.692 bits per heavy atom. The van der Waals surface area contributed by atoms with E-state index in [9.17, 15) is 10.2 Å². The standard InChI is InChI=1S/C59H72O6/c1-36-24-46(38-28-40(56(3,4)5)32-41(29-38)57(6,7)8)54(60)50(26-36)48-34-44(62-15)18-20-52(48)64-22-17-23-65-53-21-19-45(63-16)35-49(53)51-27-37(2)25-47(55(51)61)39-30-42(58(9,10)11)33-43(31-39)59(12,13)14/h18-21,24-35,60-61H,17,22-23H2,1-16H3. The zero-order valence-corrected chi connectivity index (χ0v) is 41.9. The van der Waals surface area contributed by atoms with Gasteiger partial charge >= 0.3 is 0 Å².